The van der Waals surface area contributed by atoms with E-state index in [0.717, 1.165) is 0 Å². The molecule has 0 amide bonds. The van der Waals surface area contributed by atoms with Gasteiger partial charge in [-0.05, 0) is 0 Å². The van der Waals surface area contributed by atoms with E-state index in [1.165, 1.54) is 12.1 Å². The van der Waals surface area contributed by atoms with Gasteiger partial charge in [0.2, 0.25) is 0 Å². The third-order valence-corrected chi connectivity index (χ3v) is 0.967. The second kappa shape index (κ2) is 6.30. The molecule has 0 fully saturated rings. The molecule has 12 heavy (non-hydrogen) atoms. The first-order chi connectivity index (χ1) is 5.72. The first-order valence-corrected chi connectivity index (χ1v) is 3.32. The average Bonchev–Trinajstić information content (AvgIpc) is 2.07. The van der Waals surface area contributed by atoms with Gasteiger partial charge in [0.15, 0.2) is 0 Å². The Hall–Kier alpha value is -1.42. The zero-order valence-electron chi connectivity index (χ0n) is 7.06. The van der Waals surface area contributed by atoms with E-state index >= 15 is 0 Å². The molecule has 1 aromatic rings. The van der Waals surface area contributed by atoms with Gasteiger partial charge in [-0.3, -0.25) is 10.1 Å². The van der Waals surface area contributed by atoms with Gasteiger partial charge < -0.3 is 4.74 Å². The number of rotatable bonds is 1. The van der Waals surface area contributed by atoms with Gasteiger partial charge in [-0.15, -0.1) is 0 Å². The fourth-order valence-electron chi connectivity index (χ4n) is 0.550. The van der Waals surface area contributed by atoms with E-state index in [4.69, 9.17) is 0 Å². The smallest absolute Gasteiger partial charge is 0.269 e. The van der Waals surface area contributed by atoms with E-state index in [9.17, 15) is 10.1 Å². The molecule has 0 aromatic heterocycles. The third kappa shape index (κ3) is 4.40. The molecule has 1 rings (SSSR count). The van der Waals surface area contributed by atoms with E-state index < -0.39 is 4.92 Å². The molecule has 4 nitrogen and oxygen atoms in total. The van der Waals surface area contributed by atoms with Gasteiger partial charge in [-0.2, -0.15) is 0 Å². The van der Waals surface area contributed by atoms with Crippen molar-refractivity contribution < 1.29 is 9.66 Å². The maximum atomic E-state index is 10.0. The molecule has 0 saturated carbocycles. The number of hydrogen-bond acceptors (Lipinski definition) is 3. The van der Waals surface area contributed by atoms with Crippen molar-refractivity contribution in [1.82, 2.24) is 0 Å². The highest BCUT2D eigenvalue weighted by Crippen LogP contribution is 2.06. The van der Waals surface area contributed by atoms with Crippen LogP contribution in [0.2, 0.25) is 0 Å². The van der Waals surface area contributed by atoms with Gasteiger partial charge in [-0.1, -0.05) is 18.2 Å². The van der Waals surface area contributed by atoms with Crippen molar-refractivity contribution in [3.05, 3.63) is 40.4 Å². The Morgan fingerprint density at radius 2 is 1.67 bits per heavy atom. The highest BCUT2D eigenvalue weighted by molar-refractivity contribution is 5.27. The van der Waals surface area contributed by atoms with Crippen molar-refractivity contribution in [3.8, 4) is 0 Å². The molecule has 0 aliphatic carbocycles. The molecule has 0 unspecified atom stereocenters. The molecule has 0 radical (unpaired) electrons. The van der Waals surface area contributed by atoms with Crippen LogP contribution in [-0.4, -0.2) is 19.1 Å². The lowest BCUT2D eigenvalue weighted by atomic mass is 10.3. The van der Waals surface area contributed by atoms with Crippen molar-refractivity contribution in [2.24, 2.45) is 0 Å². The van der Waals surface area contributed by atoms with Crippen LogP contribution in [0.5, 0.6) is 0 Å². The monoisotopic (exact) mass is 169 g/mol. The average molecular weight is 169 g/mol. The van der Waals surface area contributed by atoms with Crippen LogP contribution < -0.4 is 0 Å². The van der Waals surface area contributed by atoms with E-state index in [1.54, 1.807) is 32.4 Å². The number of nitro benzene ring substituents is 1. The molecular weight excluding hydrogens is 158 g/mol. The van der Waals surface area contributed by atoms with Crippen LogP contribution in [0.4, 0.5) is 5.69 Å². The first kappa shape index (κ1) is 10.6. The van der Waals surface area contributed by atoms with E-state index in [1.807, 2.05) is 0 Å². The maximum Gasteiger partial charge on any atom is 0.269 e. The minimum atomic E-state index is -0.417. The minimum Gasteiger partial charge on any atom is -0.388 e. The number of non-ortho nitro benzene ring substituents is 1. The van der Waals surface area contributed by atoms with Crippen LogP contribution in [-0.2, 0) is 4.74 Å². The maximum absolute atomic E-state index is 10.0. The summed E-state index contributed by atoms with van der Waals surface area (Å²) in [5.41, 5.74) is 0.137. The molecule has 0 aliphatic heterocycles. The molecule has 0 bridgehead atoms. The van der Waals surface area contributed by atoms with E-state index in [2.05, 4.69) is 4.74 Å². The Labute approximate surface area is 70.9 Å². The second-order valence-electron chi connectivity index (χ2n) is 2.00. The lowest BCUT2D eigenvalue weighted by Crippen LogP contribution is -1.84. The van der Waals surface area contributed by atoms with Crippen molar-refractivity contribution in [3.63, 3.8) is 0 Å². The van der Waals surface area contributed by atoms with Crippen molar-refractivity contribution >= 4 is 5.69 Å². The Morgan fingerprint density at radius 1 is 1.25 bits per heavy atom. The Morgan fingerprint density at radius 3 is 1.92 bits per heavy atom. The molecule has 0 atom stereocenters. The van der Waals surface area contributed by atoms with Gasteiger partial charge in [-0.25, -0.2) is 0 Å². The highest BCUT2D eigenvalue weighted by atomic mass is 16.6. The Bertz CT molecular complexity index is 223. The second-order valence-corrected chi connectivity index (χ2v) is 2.00. The van der Waals surface area contributed by atoms with Crippen LogP contribution in [0, 0.1) is 10.1 Å². The summed E-state index contributed by atoms with van der Waals surface area (Å²) in [4.78, 5) is 9.59. The predicted octanol–water partition coefficient (Wildman–Crippen LogP) is 1.86. The largest absolute Gasteiger partial charge is 0.388 e. The summed E-state index contributed by atoms with van der Waals surface area (Å²) >= 11 is 0. The van der Waals surface area contributed by atoms with Crippen molar-refractivity contribution in [2.45, 2.75) is 0 Å². The van der Waals surface area contributed by atoms with Crippen LogP contribution >= 0.6 is 0 Å². The number of ether oxygens (including phenoxy) is 1. The molecule has 0 spiro atoms. The summed E-state index contributed by atoms with van der Waals surface area (Å²) in [5.74, 6) is 0. The van der Waals surface area contributed by atoms with Gasteiger partial charge >= 0.3 is 0 Å². The molecular formula is C8H11NO3. The van der Waals surface area contributed by atoms with Gasteiger partial charge in [0.05, 0.1) is 4.92 Å². The lowest BCUT2D eigenvalue weighted by molar-refractivity contribution is -0.384. The van der Waals surface area contributed by atoms with Crippen LogP contribution in [0.15, 0.2) is 30.3 Å². The topological polar surface area (TPSA) is 52.4 Å². The fraction of sp³-hybridized carbons (Fsp3) is 0.250. The summed E-state index contributed by atoms with van der Waals surface area (Å²) in [6.07, 6.45) is 0. The third-order valence-electron chi connectivity index (χ3n) is 0.967. The lowest BCUT2D eigenvalue weighted by Gasteiger charge is -1.85. The highest BCUT2D eigenvalue weighted by Gasteiger charge is 1.98. The molecule has 0 saturated heterocycles. The van der Waals surface area contributed by atoms with Gasteiger partial charge in [0, 0.05) is 26.4 Å². The Balaban J connectivity index is 0.000000354. The molecule has 0 aliphatic rings. The standard InChI is InChI=1S/C6H5NO2.C2H6O/c8-7(9)6-4-2-1-3-5-6;1-3-2/h1-5H;1-2H3. The van der Waals surface area contributed by atoms with Gasteiger partial charge in [0.25, 0.3) is 5.69 Å². The summed E-state index contributed by atoms with van der Waals surface area (Å²) in [5, 5.41) is 10.0. The zero-order chi connectivity index (χ0) is 9.40. The number of benzene rings is 1. The minimum absolute atomic E-state index is 0.137. The van der Waals surface area contributed by atoms with Crippen molar-refractivity contribution in [1.29, 1.82) is 0 Å². The van der Waals surface area contributed by atoms with Crippen LogP contribution in [0.1, 0.15) is 0 Å². The SMILES string of the molecule is COC.O=[N+]([O-])c1ccccc1. The summed E-state index contributed by atoms with van der Waals surface area (Å²) in [6.45, 7) is 0. The summed E-state index contributed by atoms with van der Waals surface area (Å²) < 4.78 is 4.25. The number of methoxy groups -OCH3 is 1. The molecule has 0 N–H and O–H groups in total. The van der Waals surface area contributed by atoms with Crippen LogP contribution in [0.3, 0.4) is 0 Å². The number of nitro groups is 1. The quantitative estimate of drug-likeness (QED) is 0.476. The summed E-state index contributed by atoms with van der Waals surface area (Å²) in [7, 11) is 3.25. The van der Waals surface area contributed by atoms with E-state index in [0.29, 0.717) is 0 Å². The molecule has 4 heteroatoms. The van der Waals surface area contributed by atoms with Crippen molar-refractivity contribution in [2.75, 3.05) is 14.2 Å². The number of nitrogens with zero attached hydrogens (tertiary/aromatic N) is 1. The number of para-hydroxylation sites is 1. The summed E-state index contributed by atoms with van der Waals surface area (Å²) in [6, 6.07) is 7.93. The Kier molecular flexibility index (Phi) is 5.55. The fourth-order valence-corrected chi connectivity index (χ4v) is 0.550. The zero-order valence-corrected chi connectivity index (χ0v) is 7.06. The normalized spacial score (nSPS) is 8.17. The van der Waals surface area contributed by atoms with Gasteiger partial charge in [0.1, 0.15) is 0 Å². The van der Waals surface area contributed by atoms with Crippen LogP contribution in [0.25, 0.3) is 0 Å². The molecule has 66 valence electrons. The predicted molar refractivity (Wildman–Crippen MR) is 46.0 cm³/mol. The van der Waals surface area contributed by atoms with E-state index in [-0.39, 0.29) is 5.69 Å². The first-order valence-electron chi connectivity index (χ1n) is 3.32. The molecule has 1 aromatic carbocycles. The molecule has 0 heterocycles. The number of hydrogen-bond donors (Lipinski definition) is 0.